The number of halogens is 1. The van der Waals surface area contributed by atoms with Gasteiger partial charge in [-0.1, -0.05) is 18.2 Å². The van der Waals surface area contributed by atoms with Crippen molar-refractivity contribution in [1.82, 2.24) is 4.90 Å². The third-order valence-electron chi connectivity index (χ3n) is 3.49. The molecule has 1 aliphatic rings. The van der Waals surface area contributed by atoms with Gasteiger partial charge in [0, 0.05) is 19.0 Å². The lowest BCUT2D eigenvalue weighted by atomic mass is 10.1. The molecule has 0 bridgehead atoms. The summed E-state index contributed by atoms with van der Waals surface area (Å²) in [7, 11) is 0. The minimum Gasteiger partial charge on any atom is -0.343 e. The van der Waals surface area contributed by atoms with Crippen LogP contribution in [0.15, 0.2) is 24.3 Å². The summed E-state index contributed by atoms with van der Waals surface area (Å²) in [6.07, 6.45) is 0.788. The first kappa shape index (κ1) is 12.1. The van der Waals surface area contributed by atoms with Gasteiger partial charge in [-0.25, -0.2) is 4.39 Å². The summed E-state index contributed by atoms with van der Waals surface area (Å²) in [5.74, 6) is 0.0618. The van der Waals surface area contributed by atoms with Gasteiger partial charge in [-0.2, -0.15) is 0 Å². The van der Waals surface area contributed by atoms with Crippen LogP contribution in [0, 0.1) is 11.7 Å². The van der Waals surface area contributed by atoms with Crippen LogP contribution in [-0.4, -0.2) is 23.9 Å². The van der Waals surface area contributed by atoms with Crippen molar-refractivity contribution in [2.75, 3.05) is 13.1 Å². The number of nitrogens with zero attached hydrogens (tertiary/aromatic N) is 1. The van der Waals surface area contributed by atoms with Crippen LogP contribution in [-0.2, 0) is 4.79 Å². The van der Waals surface area contributed by atoms with E-state index >= 15 is 0 Å². The maximum Gasteiger partial charge on any atom is 0.226 e. The maximum atomic E-state index is 13.6. The highest BCUT2D eigenvalue weighted by Crippen LogP contribution is 2.49. The standard InChI is InChI=1S/C14H18FNO/c1-3-16(4-2)14(17)12-9-11(12)10-7-5-6-8-13(10)15/h5-8,11-12H,3-4,9H2,1-2H3. The van der Waals surface area contributed by atoms with E-state index in [4.69, 9.17) is 0 Å². The number of benzene rings is 1. The lowest BCUT2D eigenvalue weighted by molar-refractivity contribution is -0.132. The second kappa shape index (κ2) is 4.86. The van der Waals surface area contributed by atoms with Crippen LogP contribution in [0.25, 0.3) is 0 Å². The normalized spacial score (nSPS) is 22.3. The number of carbonyl (C=O) groups excluding carboxylic acids is 1. The third kappa shape index (κ3) is 2.33. The van der Waals surface area contributed by atoms with E-state index in [-0.39, 0.29) is 23.6 Å². The van der Waals surface area contributed by atoms with Gasteiger partial charge in [0.15, 0.2) is 0 Å². The molecule has 0 aliphatic heterocycles. The molecule has 1 aliphatic carbocycles. The number of hydrogen-bond donors (Lipinski definition) is 0. The summed E-state index contributed by atoms with van der Waals surface area (Å²) in [6.45, 7) is 5.41. The van der Waals surface area contributed by atoms with Crippen molar-refractivity contribution in [2.24, 2.45) is 5.92 Å². The van der Waals surface area contributed by atoms with Gasteiger partial charge in [-0.05, 0) is 37.8 Å². The van der Waals surface area contributed by atoms with E-state index in [1.54, 1.807) is 12.1 Å². The maximum absolute atomic E-state index is 13.6. The Labute approximate surface area is 101 Å². The lowest BCUT2D eigenvalue weighted by Crippen LogP contribution is -2.32. The quantitative estimate of drug-likeness (QED) is 0.785. The molecule has 2 atom stereocenters. The molecule has 1 amide bonds. The Balaban J connectivity index is 2.06. The van der Waals surface area contributed by atoms with Gasteiger partial charge in [0.1, 0.15) is 5.82 Å². The summed E-state index contributed by atoms with van der Waals surface area (Å²) >= 11 is 0. The largest absolute Gasteiger partial charge is 0.343 e. The summed E-state index contributed by atoms with van der Waals surface area (Å²) in [5.41, 5.74) is 0.693. The van der Waals surface area contributed by atoms with Crippen LogP contribution in [0.4, 0.5) is 4.39 Å². The van der Waals surface area contributed by atoms with Crippen molar-refractivity contribution in [2.45, 2.75) is 26.2 Å². The van der Waals surface area contributed by atoms with Crippen molar-refractivity contribution >= 4 is 5.91 Å². The van der Waals surface area contributed by atoms with Crippen LogP contribution in [0.3, 0.4) is 0 Å². The second-order valence-corrected chi connectivity index (χ2v) is 4.48. The van der Waals surface area contributed by atoms with Gasteiger partial charge in [-0.15, -0.1) is 0 Å². The fraction of sp³-hybridized carbons (Fsp3) is 0.500. The van der Waals surface area contributed by atoms with E-state index in [1.807, 2.05) is 24.8 Å². The topological polar surface area (TPSA) is 20.3 Å². The first-order valence-electron chi connectivity index (χ1n) is 6.22. The van der Waals surface area contributed by atoms with Crippen molar-refractivity contribution in [3.05, 3.63) is 35.6 Å². The van der Waals surface area contributed by atoms with Gasteiger partial charge >= 0.3 is 0 Å². The smallest absolute Gasteiger partial charge is 0.226 e. The van der Waals surface area contributed by atoms with Gasteiger partial charge in [0.25, 0.3) is 0 Å². The molecule has 2 rings (SSSR count). The molecular formula is C14H18FNO. The molecule has 0 N–H and O–H groups in total. The van der Waals surface area contributed by atoms with Crippen LogP contribution < -0.4 is 0 Å². The van der Waals surface area contributed by atoms with Gasteiger partial charge in [0.05, 0.1) is 0 Å². The van der Waals surface area contributed by atoms with E-state index in [2.05, 4.69) is 0 Å². The first-order valence-corrected chi connectivity index (χ1v) is 6.22. The monoisotopic (exact) mass is 235 g/mol. The van der Waals surface area contributed by atoms with Gasteiger partial charge in [-0.3, -0.25) is 4.79 Å². The zero-order chi connectivity index (χ0) is 12.4. The molecule has 2 unspecified atom stereocenters. The summed E-state index contributed by atoms with van der Waals surface area (Å²) in [5, 5.41) is 0. The SMILES string of the molecule is CCN(CC)C(=O)C1CC1c1ccccc1F. The molecule has 17 heavy (non-hydrogen) atoms. The Bertz CT molecular complexity index is 414. The average molecular weight is 235 g/mol. The van der Waals surface area contributed by atoms with E-state index < -0.39 is 0 Å². The highest BCUT2D eigenvalue weighted by atomic mass is 19.1. The molecule has 0 radical (unpaired) electrons. The number of rotatable bonds is 4. The zero-order valence-electron chi connectivity index (χ0n) is 10.3. The molecule has 1 fully saturated rings. The van der Waals surface area contributed by atoms with Gasteiger partial charge < -0.3 is 4.90 Å². The molecular weight excluding hydrogens is 217 g/mol. The average Bonchev–Trinajstić information content (AvgIpc) is 3.11. The van der Waals surface area contributed by atoms with E-state index in [0.29, 0.717) is 5.56 Å². The second-order valence-electron chi connectivity index (χ2n) is 4.48. The molecule has 2 nitrogen and oxygen atoms in total. The van der Waals surface area contributed by atoms with Crippen molar-refractivity contribution in [3.63, 3.8) is 0 Å². The number of carbonyl (C=O) groups is 1. The van der Waals surface area contributed by atoms with E-state index in [0.717, 1.165) is 19.5 Å². The van der Waals surface area contributed by atoms with Crippen LogP contribution in [0.1, 0.15) is 31.7 Å². The fourth-order valence-corrected chi connectivity index (χ4v) is 2.36. The van der Waals surface area contributed by atoms with Crippen LogP contribution in [0.5, 0.6) is 0 Å². The zero-order valence-corrected chi connectivity index (χ0v) is 10.3. The molecule has 92 valence electrons. The Hall–Kier alpha value is -1.38. The van der Waals surface area contributed by atoms with Crippen LogP contribution in [0.2, 0.25) is 0 Å². The minimum absolute atomic E-state index is 0.00759. The lowest BCUT2D eigenvalue weighted by Gasteiger charge is -2.18. The molecule has 0 saturated heterocycles. The molecule has 0 spiro atoms. The van der Waals surface area contributed by atoms with Gasteiger partial charge in [0.2, 0.25) is 5.91 Å². The Kier molecular flexibility index (Phi) is 3.46. The molecule has 1 aromatic rings. The summed E-state index contributed by atoms with van der Waals surface area (Å²) < 4.78 is 13.6. The first-order chi connectivity index (χ1) is 8.19. The number of amides is 1. The minimum atomic E-state index is -0.188. The molecule has 3 heteroatoms. The molecule has 0 aromatic heterocycles. The third-order valence-corrected chi connectivity index (χ3v) is 3.49. The highest BCUT2D eigenvalue weighted by molar-refractivity contribution is 5.83. The molecule has 1 saturated carbocycles. The summed E-state index contributed by atoms with van der Waals surface area (Å²) in [6, 6.07) is 6.76. The molecule has 1 aromatic carbocycles. The Morgan fingerprint density at radius 3 is 2.59 bits per heavy atom. The predicted octanol–water partition coefficient (Wildman–Crippen LogP) is 2.80. The van der Waals surface area contributed by atoms with Crippen molar-refractivity contribution in [1.29, 1.82) is 0 Å². The van der Waals surface area contributed by atoms with Crippen LogP contribution >= 0.6 is 0 Å². The highest BCUT2D eigenvalue weighted by Gasteiger charge is 2.46. The van der Waals surface area contributed by atoms with E-state index in [1.165, 1.54) is 6.07 Å². The molecule has 0 heterocycles. The Morgan fingerprint density at radius 2 is 2.00 bits per heavy atom. The Morgan fingerprint density at radius 1 is 1.35 bits per heavy atom. The predicted molar refractivity (Wildman–Crippen MR) is 65.2 cm³/mol. The van der Waals surface area contributed by atoms with Crippen molar-refractivity contribution < 1.29 is 9.18 Å². The van der Waals surface area contributed by atoms with E-state index in [9.17, 15) is 9.18 Å². The van der Waals surface area contributed by atoms with Crippen molar-refractivity contribution in [3.8, 4) is 0 Å². The number of hydrogen-bond acceptors (Lipinski definition) is 1. The summed E-state index contributed by atoms with van der Waals surface area (Å²) in [4.78, 5) is 13.9. The fourth-order valence-electron chi connectivity index (χ4n) is 2.36.